The first kappa shape index (κ1) is 19.1. The lowest BCUT2D eigenvalue weighted by Crippen LogP contribution is -2.54. The Morgan fingerprint density at radius 2 is 1.93 bits per heavy atom. The fourth-order valence-electron chi connectivity index (χ4n) is 4.79. The van der Waals surface area contributed by atoms with Gasteiger partial charge in [-0.2, -0.15) is 0 Å². The number of carbonyl (C=O) groups excluding carboxylic acids is 2. The number of para-hydroxylation sites is 1. The van der Waals surface area contributed by atoms with Gasteiger partial charge < -0.3 is 15.5 Å². The van der Waals surface area contributed by atoms with Gasteiger partial charge in [0.1, 0.15) is 0 Å². The summed E-state index contributed by atoms with van der Waals surface area (Å²) in [6, 6.07) is 6.29. The summed E-state index contributed by atoms with van der Waals surface area (Å²) in [5.74, 6) is 0.274. The van der Waals surface area contributed by atoms with E-state index in [0.29, 0.717) is 18.5 Å². The van der Waals surface area contributed by atoms with Crippen LogP contribution in [-0.4, -0.2) is 59.5 Å². The first-order chi connectivity index (χ1) is 13.5. The fourth-order valence-corrected chi connectivity index (χ4v) is 4.79. The number of rotatable bonds is 4. The van der Waals surface area contributed by atoms with Crippen molar-refractivity contribution in [2.45, 2.75) is 56.7 Å². The maximum atomic E-state index is 13.1. The molecule has 0 radical (unpaired) electrons. The number of carbonyl (C=O) groups is 2. The summed E-state index contributed by atoms with van der Waals surface area (Å²) in [7, 11) is 0. The molecule has 3 aliphatic rings. The Kier molecular flexibility index (Phi) is 5.48. The quantitative estimate of drug-likeness (QED) is 0.828. The van der Waals surface area contributed by atoms with Crippen LogP contribution in [0.4, 0.5) is 19.3 Å². The number of alkyl halides is 2. The molecule has 1 aliphatic carbocycles. The second-order valence-corrected chi connectivity index (χ2v) is 7.92. The molecule has 3 unspecified atom stereocenters. The van der Waals surface area contributed by atoms with Crippen molar-refractivity contribution in [3.05, 3.63) is 29.8 Å². The molecule has 0 spiro atoms. The summed E-state index contributed by atoms with van der Waals surface area (Å²) < 4.78 is 26.1. The van der Waals surface area contributed by atoms with Crippen LogP contribution in [0.2, 0.25) is 0 Å². The maximum Gasteiger partial charge on any atom is 0.319 e. The van der Waals surface area contributed by atoms with Crippen molar-refractivity contribution in [2.24, 2.45) is 0 Å². The molecule has 3 fully saturated rings. The zero-order chi connectivity index (χ0) is 19.7. The minimum atomic E-state index is -2.63. The highest BCUT2D eigenvalue weighted by molar-refractivity contribution is 5.90. The molecule has 152 valence electrons. The number of hydrogen-bond donors (Lipinski definition) is 2. The fraction of sp³-hybridized carbons (Fsp3) is 0.600. The monoisotopic (exact) mass is 392 g/mol. The van der Waals surface area contributed by atoms with Gasteiger partial charge >= 0.3 is 6.03 Å². The van der Waals surface area contributed by atoms with E-state index >= 15 is 0 Å². The second kappa shape index (κ2) is 8.03. The van der Waals surface area contributed by atoms with Crippen molar-refractivity contribution >= 4 is 17.6 Å². The molecule has 28 heavy (non-hydrogen) atoms. The highest BCUT2D eigenvalue weighted by atomic mass is 19.3. The normalized spacial score (nSPS) is 27.9. The van der Waals surface area contributed by atoms with Gasteiger partial charge in [0.05, 0.1) is 5.69 Å². The van der Waals surface area contributed by atoms with Gasteiger partial charge in [-0.25, -0.2) is 13.6 Å². The predicted octanol–water partition coefficient (Wildman–Crippen LogP) is 2.97. The molecule has 8 heteroatoms. The summed E-state index contributed by atoms with van der Waals surface area (Å²) in [5.41, 5.74) is -0.0301. The van der Waals surface area contributed by atoms with E-state index in [0.717, 1.165) is 45.3 Å². The van der Waals surface area contributed by atoms with Gasteiger partial charge in [-0.3, -0.25) is 9.69 Å². The number of hydrogen-bond acceptors (Lipinski definition) is 3. The summed E-state index contributed by atoms with van der Waals surface area (Å²) in [4.78, 5) is 28.6. The van der Waals surface area contributed by atoms with Gasteiger partial charge in [-0.1, -0.05) is 18.2 Å². The second-order valence-electron chi connectivity index (χ2n) is 7.92. The standard InChI is InChI=1S/C20H26F2N4O2/c21-19(22)16-3-1-2-4-17(16)24-20(28)23-13-5-6-14(11-13)25-9-10-26-15(12-25)7-8-18(26)27/h1-4,13-15,19H,5-12H2,(H2,23,24,28). The topological polar surface area (TPSA) is 64.7 Å². The minimum Gasteiger partial charge on any atom is -0.337 e. The number of benzene rings is 1. The average Bonchev–Trinajstić information content (AvgIpc) is 3.28. The van der Waals surface area contributed by atoms with Gasteiger partial charge in [0.25, 0.3) is 6.43 Å². The van der Waals surface area contributed by atoms with Gasteiger partial charge in [0.2, 0.25) is 5.91 Å². The van der Waals surface area contributed by atoms with Crippen LogP contribution in [0.1, 0.15) is 44.1 Å². The largest absolute Gasteiger partial charge is 0.337 e. The van der Waals surface area contributed by atoms with Crippen LogP contribution in [0, 0.1) is 0 Å². The molecule has 0 aromatic heterocycles. The molecule has 3 atom stereocenters. The Bertz CT molecular complexity index is 745. The average molecular weight is 392 g/mol. The molecule has 4 rings (SSSR count). The van der Waals surface area contributed by atoms with Gasteiger partial charge in [0, 0.05) is 49.7 Å². The van der Waals surface area contributed by atoms with Gasteiger partial charge in [-0.15, -0.1) is 0 Å². The van der Waals surface area contributed by atoms with Crippen molar-refractivity contribution in [2.75, 3.05) is 25.0 Å². The number of urea groups is 1. The van der Waals surface area contributed by atoms with E-state index in [1.807, 2.05) is 4.90 Å². The van der Waals surface area contributed by atoms with Crippen LogP contribution < -0.4 is 10.6 Å². The highest BCUT2D eigenvalue weighted by Gasteiger charge is 2.39. The minimum absolute atomic E-state index is 0.0342. The first-order valence-corrected chi connectivity index (χ1v) is 9.99. The zero-order valence-corrected chi connectivity index (χ0v) is 15.7. The molecule has 6 nitrogen and oxygen atoms in total. The number of halogens is 2. The summed E-state index contributed by atoms with van der Waals surface area (Å²) >= 11 is 0. The van der Waals surface area contributed by atoms with Crippen molar-refractivity contribution < 1.29 is 18.4 Å². The van der Waals surface area contributed by atoms with E-state index in [-0.39, 0.29) is 23.2 Å². The summed E-state index contributed by atoms with van der Waals surface area (Å²) in [6.45, 7) is 2.59. The van der Waals surface area contributed by atoms with Crippen molar-refractivity contribution in [3.63, 3.8) is 0 Å². The Balaban J connectivity index is 1.28. The Morgan fingerprint density at radius 3 is 2.75 bits per heavy atom. The van der Waals surface area contributed by atoms with E-state index in [9.17, 15) is 18.4 Å². The number of anilines is 1. The molecule has 3 amide bonds. The lowest BCUT2D eigenvalue weighted by atomic mass is 10.1. The number of fused-ring (bicyclic) bond motifs is 1. The van der Waals surface area contributed by atoms with Crippen LogP contribution in [-0.2, 0) is 4.79 Å². The van der Waals surface area contributed by atoms with Crippen LogP contribution in [0.15, 0.2) is 24.3 Å². The molecule has 2 saturated heterocycles. The number of piperazine rings is 1. The SMILES string of the molecule is O=C(Nc1ccccc1C(F)F)NC1CCC(N2CCN3C(=O)CCC3C2)C1. The van der Waals surface area contributed by atoms with Crippen molar-refractivity contribution in [3.8, 4) is 0 Å². The zero-order valence-electron chi connectivity index (χ0n) is 15.7. The molecule has 1 aromatic rings. The molecular formula is C20H26F2N4O2. The van der Waals surface area contributed by atoms with E-state index in [1.165, 1.54) is 18.2 Å². The highest BCUT2D eigenvalue weighted by Crippen LogP contribution is 2.30. The molecule has 1 aromatic carbocycles. The Labute approximate surface area is 163 Å². The van der Waals surface area contributed by atoms with E-state index < -0.39 is 12.5 Å². The lowest BCUT2D eigenvalue weighted by Gasteiger charge is -2.40. The van der Waals surface area contributed by atoms with Crippen LogP contribution in [0.3, 0.4) is 0 Å². The predicted molar refractivity (Wildman–Crippen MR) is 101 cm³/mol. The number of amides is 3. The van der Waals surface area contributed by atoms with E-state index in [2.05, 4.69) is 15.5 Å². The Morgan fingerprint density at radius 1 is 1.11 bits per heavy atom. The molecule has 2 heterocycles. The third-order valence-corrected chi connectivity index (χ3v) is 6.23. The molecule has 0 bridgehead atoms. The lowest BCUT2D eigenvalue weighted by molar-refractivity contribution is -0.131. The maximum absolute atomic E-state index is 13.1. The van der Waals surface area contributed by atoms with Crippen LogP contribution in [0.5, 0.6) is 0 Å². The van der Waals surface area contributed by atoms with E-state index in [4.69, 9.17) is 0 Å². The molecular weight excluding hydrogens is 366 g/mol. The number of nitrogens with one attached hydrogen (secondary N) is 2. The third kappa shape index (κ3) is 3.97. The van der Waals surface area contributed by atoms with Crippen LogP contribution in [0.25, 0.3) is 0 Å². The third-order valence-electron chi connectivity index (χ3n) is 6.23. The van der Waals surface area contributed by atoms with Gasteiger partial charge in [-0.05, 0) is 31.7 Å². The van der Waals surface area contributed by atoms with Gasteiger partial charge in [0.15, 0.2) is 0 Å². The Hall–Kier alpha value is -2.22. The first-order valence-electron chi connectivity index (χ1n) is 9.99. The smallest absolute Gasteiger partial charge is 0.319 e. The van der Waals surface area contributed by atoms with Crippen LogP contribution >= 0.6 is 0 Å². The summed E-state index contributed by atoms with van der Waals surface area (Å²) in [6.07, 6.45) is 1.69. The van der Waals surface area contributed by atoms with Crippen molar-refractivity contribution in [1.82, 2.24) is 15.1 Å². The molecule has 2 aliphatic heterocycles. The van der Waals surface area contributed by atoms with Crippen molar-refractivity contribution in [1.29, 1.82) is 0 Å². The van der Waals surface area contributed by atoms with E-state index in [1.54, 1.807) is 6.07 Å². The molecule has 1 saturated carbocycles. The summed E-state index contributed by atoms with van der Waals surface area (Å²) in [5, 5.41) is 5.49. The number of nitrogens with zero attached hydrogens (tertiary/aromatic N) is 2. The molecule has 2 N–H and O–H groups in total.